The van der Waals surface area contributed by atoms with Crippen molar-refractivity contribution in [3.05, 3.63) is 0 Å². The van der Waals surface area contributed by atoms with E-state index >= 15 is 0 Å². The zero-order valence-corrected chi connectivity index (χ0v) is 11.6. The topological polar surface area (TPSA) is 43.1 Å². The fourth-order valence-corrected chi connectivity index (χ4v) is 3.60. The van der Waals surface area contributed by atoms with Crippen LogP contribution in [0.4, 0.5) is 0 Å². The zero-order valence-electron chi connectivity index (χ0n) is 10.8. The van der Waals surface area contributed by atoms with Crippen molar-refractivity contribution in [2.24, 2.45) is 11.7 Å². The van der Waals surface area contributed by atoms with Gasteiger partial charge in [-0.05, 0) is 18.8 Å². The smallest absolute Gasteiger partial charge is 0.0499 e. The quantitative estimate of drug-likeness (QED) is 0.734. The first-order chi connectivity index (χ1) is 6.95. The Morgan fingerprint density at radius 2 is 1.73 bits per heavy atom. The van der Waals surface area contributed by atoms with Gasteiger partial charge in [-0.15, -0.1) is 0 Å². The molecule has 15 heavy (non-hydrogen) atoms. The van der Waals surface area contributed by atoms with Gasteiger partial charge in [-0.1, -0.05) is 41.0 Å². The van der Waals surface area contributed by atoms with Crippen LogP contribution in [0.15, 0.2) is 0 Å². The van der Waals surface area contributed by atoms with Gasteiger partial charge in [-0.3, -0.25) is 4.21 Å². The Bertz CT molecular complexity index is 194. The molecule has 4 unspecified atom stereocenters. The van der Waals surface area contributed by atoms with E-state index in [0.717, 1.165) is 19.3 Å². The van der Waals surface area contributed by atoms with E-state index in [1.165, 1.54) is 0 Å². The molecule has 0 rings (SSSR count). The van der Waals surface area contributed by atoms with Crippen LogP contribution in [-0.2, 0) is 10.8 Å². The van der Waals surface area contributed by atoms with E-state index in [9.17, 15) is 4.21 Å². The second kappa shape index (κ2) is 7.39. The van der Waals surface area contributed by atoms with Crippen molar-refractivity contribution >= 4 is 10.8 Å². The van der Waals surface area contributed by atoms with Gasteiger partial charge in [0.2, 0.25) is 0 Å². The van der Waals surface area contributed by atoms with Crippen molar-refractivity contribution in [3.63, 3.8) is 0 Å². The van der Waals surface area contributed by atoms with Crippen molar-refractivity contribution in [2.75, 3.05) is 0 Å². The maximum Gasteiger partial charge on any atom is 0.0499 e. The third-order valence-corrected chi connectivity index (χ3v) is 5.66. The monoisotopic (exact) mass is 233 g/mol. The predicted octanol–water partition coefficient (Wildman–Crippen LogP) is 2.69. The molecule has 4 atom stereocenters. The Balaban J connectivity index is 4.46. The Morgan fingerprint density at radius 1 is 1.20 bits per heavy atom. The molecule has 0 aromatic carbocycles. The minimum Gasteiger partial charge on any atom is -0.327 e. The molecule has 0 aliphatic heterocycles. The molecule has 3 heteroatoms. The molecule has 2 nitrogen and oxygen atoms in total. The maximum atomic E-state index is 12.3. The van der Waals surface area contributed by atoms with Crippen molar-refractivity contribution in [3.8, 4) is 0 Å². The molecule has 0 spiro atoms. The highest BCUT2D eigenvalue weighted by Gasteiger charge is 2.27. The van der Waals surface area contributed by atoms with Gasteiger partial charge >= 0.3 is 0 Å². The Morgan fingerprint density at radius 3 is 2.07 bits per heavy atom. The summed E-state index contributed by atoms with van der Waals surface area (Å²) in [5.41, 5.74) is 6.08. The largest absolute Gasteiger partial charge is 0.327 e. The van der Waals surface area contributed by atoms with Crippen LogP contribution in [0.3, 0.4) is 0 Å². The molecule has 0 heterocycles. The van der Waals surface area contributed by atoms with Crippen molar-refractivity contribution in [2.45, 2.75) is 70.4 Å². The standard InChI is InChI=1S/C12H27NOS/c1-6-8-11(13)12(7-2)15(14)10(5)9(3)4/h9-12H,6-8,13H2,1-5H3. The van der Waals surface area contributed by atoms with Crippen LogP contribution in [0.5, 0.6) is 0 Å². The lowest BCUT2D eigenvalue weighted by Crippen LogP contribution is -2.41. The molecule has 0 fully saturated rings. The molecular weight excluding hydrogens is 206 g/mol. The first-order valence-electron chi connectivity index (χ1n) is 6.10. The van der Waals surface area contributed by atoms with E-state index in [-0.39, 0.29) is 16.5 Å². The maximum absolute atomic E-state index is 12.3. The van der Waals surface area contributed by atoms with E-state index in [1.54, 1.807) is 0 Å². The molecule has 92 valence electrons. The average Bonchev–Trinajstić information content (AvgIpc) is 2.17. The first kappa shape index (κ1) is 15.1. The molecule has 0 amide bonds. The van der Waals surface area contributed by atoms with E-state index in [1.807, 2.05) is 0 Å². The summed E-state index contributed by atoms with van der Waals surface area (Å²) in [6.45, 7) is 10.5. The number of hydrogen-bond acceptors (Lipinski definition) is 2. The molecule has 2 N–H and O–H groups in total. The molecular formula is C12H27NOS. The molecule has 0 aromatic heterocycles. The highest BCUT2D eigenvalue weighted by Crippen LogP contribution is 2.18. The van der Waals surface area contributed by atoms with Gasteiger partial charge in [0.15, 0.2) is 0 Å². The third kappa shape index (κ3) is 4.64. The lowest BCUT2D eigenvalue weighted by molar-refractivity contribution is 0.533. The summed E-state index contributed by atoms with van der Waals surface area (Å²) in [7, 11) is -0.789. The molecule has 0 radical (unpaired) electrons. The van der Waals surface area contributed by atoms with Crippen LogP contribution in [0.25, 0.3) is 0 Å². The Labute approximate surface area is 97.5 Å². The van der Waals surface area contributed by atoms with Crippen molar-refractivity contribution in [1.29, 1.82) is 0 Å². The summed E-state index contributed by atoms with van der Waals surface area (Å²) in [5, 5.41) is 0.417. The van der Waals surface area contributed by atoms with Crippen molar-refractivity contribution in [1.82, 2.24) is 0 Å². The lowest BCUT2D eigenvalue weighted by Gasteiger charge is -2.26. The molecule has 0 aliphatic carbocycles. The van der Waals surface area contributed by atoms with Gasteiger partial charge in [0.05, 0.1) is 0 Å². The molecule has 0 aromatic rings. The summed E-state index contributed by atoms with van der Waals surface area (Å²) in [6.07, 6.45) is 2.98. The van der Waals surface area contributed by atoms with Gasteiger partial charge in [0.1, 0.15) is 0 Å². The first-order valence-corrected chi connectivity index (χ1v) is 7.38. The predicted molar refractivity (Wildman–Crippen MR) is 69.4 cm³/mol. The fraction of sp³-hybridized carbons (Fsp3) is 1.00. The van der Waals surface area contributed by atoms with Crippen LogP contribution in [0, 0.1) is 5.92 Å². The van der Waals surface area contributed by atoms with Gasteiger partial charge in [-0.2, -0.15) is 0 Å². The summed E-state index contributed by atoms with van der Waals surface area (Å²) in [5.74, 6) is 0.466. The van der Waals surface area contributed by atoms with Crippen LogP contribution in [-0.4, -0.2) is 20.8 Å². The molecule has 0 saturated carbocycles. The second-order valence-corrected chi connectivity index (χ2v) is 6.68. The van der Waals surface area contributed by atoms with Gasteiger partial charge < -0.3 is 5.73 Å². The third-order valence-electron chi connectivity index (χ3n) is 3.11. The molecule has 0 saturated heterocycles. The van der Waals surface area contributed by atoms with Crippen LogP contribution < -0.4 is 5.73 Å². The summed E-state index contributed by atoms with van der Waals surface area (Å²) >= 11 is 0. The van der Waals surface area contributed by atoms with Crippen LogP contribution in [0.2, 0.25) is 0 Å². The number of hydrogen-bond donors (Lipinski definition) is 1. The average molecular weight is 233 g/mol. The summed E-state index contributed by atoms with van der Waals surface area (Å²) in [6, 6.07) is 0.0991. The normalized spacial score (nSPS) is 19.9. The lowest BCUT2D eigenvalue weighted by atomic mass is 10.1. The Hall–Kier alpha value is 0.110. The molecule has 0 bridgehead atoms. The number of nitrogens with two attached hydrogens (primary N) is 1. The molecule has 0 aliphatic rings. The van der Waals surface area contributed by atoms with E-state index in [4.69, 9.17) is 5.73 Å². The highest BCUT2D eigenvalue weighted by atomic mass is 32.2. The zero-order chi connectivity index (χ0) is 12.0. The highest BCUT2D eigenvalue weighted by molar-refractivity contribution is 7.86. The van der Waals surface area contributed by atoms with E-state index in [0.29, 0.717) is 5.92 Å². The summed E-state index contributed by atoms with van der Waals surface area (Å²) in [4.78, 5) is 0. The van der Waals surface area contributed by atoms with Crippen LogP contribution >= 0.6 is 0 Å². The fourth-order valence-electron chi connectivity index (χ4n) is 1.70. The number of rotatable bonds is 7. The minimum absolute atomic E-state index is 0.0991. The Kier molecular flexibility index (Phi) is 7.45. The van der Waals surface area contributed by atoms with Crippen molar-refractivity contribution < 1.29 is 4.21 Å². The van der Waals surface area contributed by atoms with Gasteiger partial charge in [0, 0.05) is 27.3 Å². The van der Waals surface area contributed by atoms with E-state index in [2.05, 4.69) is 34.6 Å². The van der Waals surface area contributed by atoms with Crippen LogP contribution in [0.1, 0.15) is 53.9 Å². The second-order valence-electron chi connectivity index (χ2n) is 4.68. The summed E-state index contributed by atoms with van der Waals surface area (Å²) < 4.78 is 12.3. The SMILES string of the molecule is CCCC(N)C(CC)S(=O)C(C)C(C)C. The minimum atomic E-state index is -0.789. The van der Waals surface area contributed by atoms with Gasteiger partial charge in [-0.25, -0.2) is 0 Å². The van der Waals surface area contributed by atoms with E-state index < -0.39 is 10.8 Å². The van der Waals surface area contributed by atoms with Gasteiger partial charge in [0.25, 0.3) is 0 Å².